The highest BCUT2D eigenvalue weighted by Gasteiger charge is 2.28. The number of carbonyl (C=O) groups is 1. The van der Waals surface area contributed by atoms with Gasteiger partial charge in [0.25, 0.3) is 11.5 Å². The number of nitrogens with zero attached hydrogens (tertiary/aromatic N) is 5. The van der Waals surface area contributed by atoms with Crippen LogP contribution in [0.4, 0.5) is 0 Å². The van der Waals surface area contributed by atoms with Gasteiger partial charge < -0.3 is 15.2 Å². The van der Waals surface area contributed by atoms with Crippen LogP contribution in [0.3, 0.4) is 0 Å². The number of aryl methyl sites for hydroxylation is 1. The lowest BCUT2D eigenvalue weighted by atomic mass is 10.1. The fourth-order valence-corrected chi connectivity index (χ4v) is 4.53. The van der Waals surface area contributed by atoms with E-state index in [4.69, 9.17) is 0 Å². The average Bonchev–Trinajstić information content (AvgIpc) is 3.40. The normalized spacial score (nSPS) is 16.8. The van der Waals surface area contributed by atoms with Gasteiger partial charge in [0.15, 0.2) is 5.82 Å². The summed E-state index contributed by atoms with van der Waals surface area (Å²) in [6.45, 7) is 1.79. The van der Waals surface area contributed by atoms with E-state index in [0.29, 0.717) is 46.9 Å². The highest BCUT2D eigenvalue weighted by molar-refractivity contribution is 7.17. The molecule has 0 aliphatic carbocycles. The zero-order valence-electron chi connectivity index (χ0n) is 16.2. The van der Waals surface area contributed by atoms with Gasteiger partial charge in [-0.3, -0.25) is 19.3 Å². The molecule has 1 atom stereocenters. The van der Waals surface area contributed by atoms with Crippen molar-refractivity contribution in [1.82, 2.24) is 34.9 Å². The maximum atomic E-state index is 13.3. The maximum Gasteiger partial charge on any atom is 0.269 e. The number of nitrogens with one attached hydrogen (secondary N) is 2. The van der Waals surface area contributed by atoms with Crippen LogP contribution in [-0.4, -0.2) is 55.2 Å². The standard InChI is InChI=1S/C20H19N7O2S/c1-26-9-12(8-23-26)15-10-27(7-6-22-15)20(29)13-11-30-17-16(13)24-18(25-19(17)28)14-4-2-3-5-21-14/h2-5,8-9,11,15,22H,6-7,10H2,1H3,(H,24,25,28). The molecule has 2 N–H and O–H groups in total. The van der Waals surface area contributed by atoms with E-state index < -0.39 is 0 Å². The number of carbonyl (C=O) groups excluding carboxylic acids is 1. The number of hydrogen-bond donors (Lipinski definition) is 2. The minimum Gasteiger partial charge on any atom is -0.335 e. The predicted molar refractivity (Wildman–Crippen MR) is 113 cm³/mol. The van der Waals surface area contributed by atoms with Crippen molar-refractivity contribution in [1.29, 1.82) is 0 Å². The first kappa shape index (κ1) is 18.6. The molecule has 9 nitrogen and oxygen atoms in total. The smallest absolute Gasteiger partial charge is 0.269 e. The maximum absolute atomic E-state index is 13.3. The van der Waals surface area contributed by atoms with Crippen LogP contribution in [0.2, 0.25) is 0 Å². The third-order valence-corrected chi connectivity index (χ3v) is 6.12. The first-order valence-electron chi connectivity index (χ1n) is 9.54. The van der Waals surface area contributed by atoms with E-state index in [0.717, 1.165) is 5.56 Å². The molecule has 1 unspecified atom stereocenters. The zero-order valence-corrected chi connectivity index (χ0v) is 17.0. The van der Waals surface area contributed by atoms with Gasteiger partial charge in [-0.1, -0.05) is 6.07 Å². The molecule has 1 aliphatic rings. The molecule has 1 aliphatic heterocycles. The van der Waals surface area contributed by atoms with E-state index >= 15 is 0 Å². The summed E-state index contributed by atoms with van der Waals surface area (Å²) in [5, 5.41) is 9.37. The number of hydrogen-bond acceptors (Lipinski definition) is 7. The van der Waals surface area contributed by atoms with Crippen LogP contribution in [0.25, 0.3) is 21.7 Å². The van der Waals surface area contributed by atoms with Gasteiger partial charge in [-0.2, -0.15) is 5.10 Å². The van der Waals surface area contributed by atoms with Crippen molar-refractivity contribution in [3.63, 3.8) is 0 Å². The van der Waals surface area contributed by atoms with Crippen LogP contribution in [0.5, 0.6) is 0 Å². The topological polar surface area (TPSA) is 109 Å². The molecule has 0 bridgehead atoms. The lowest BCUT2D eigenvalue weighted by Crippen LogP contribution is -2.48. The fourth-order valence-electron chi connectivity index (χ4n) is 3.65. The number of aromatic amines is 1. The van der Waals surface area contributed by atoms with Gasteiger partial charge in [0, 0.05) is 50.0 Å². The molecule has 1 saturated heterocycles. The van der Waals surface area contributed by atoms with E-state index in [1.54, 1.807) is 33.3 Å². The minimum atomic E-state index is -0.266. The van der Waals surface area contributed by atoms with Gasteiger partial charge in [0.2, 0.25) is 0 Å². The van der Waals surface area contributed by atoms with Gasteiger partial charge in [0.05, 0.1) is 17.8 Å². The largest absolute Gasteiger partial charge is 0.335 e. The van der Waals surface area contributed by atoms with Gasteiger partial charge in [-0.15, -0.1) is 11.3 Å². The summed E-state index contributed by atoms with van der Waals surface area (Å²) < 4.78 is 2.19. The van der Waals surface area contributed by atoms with E-state index in [1.807, 2.05) is 25.5 Å². The number of amides is 1. The summed E-state index contributed by atoms with van der Waals surface area (Å²) in [6.07, 6.45) is 5.40. The molecule has 30 heavy (non-hydrogen) atoms. The van der Waals surface area contributed by atoms with E-state index in [-0.39, 0.29) is 17.5 Å². The Kier molecular flexibility index (Phi) is 4.64. The van der Waals surface area contributed by atoms with Crippen molar-refractivity contribution >= 4 is 27.5 Å². The molecule has 1 fully saturated rings. The molecule has 1 amide bonds. The van der Waals surface area contributed by atoms with Crippen molar-refractivity contribution in [3.8, 4) is 11.5 Å². The SMILES string of the molecule is Cn1cc(C2CN(C(=O)c3csc4c(=O)[nH]c(-c5ccccn5)nc34)CCN2)cn1. The highest BCUT2D eigenvalue weighted by Crippen LogP contribution is 2.26. The Morgan fingerprint density at radius 3 is 3.00 bits per heavy atom. The Labute approximate surface area is 175 Å². The molecule has 4 aromatic rings. The van der Waals surface area contributed by atoms with Crippen LogP contribution < -0.4 is 10.9 Å². The number of rotatable bonds is 3. The van der Waals surface area contributed by atoms with Gasteiger partial charge in [-0.05, 0) is 12.1 Å². The monoisotopic (exact) mass is 421 g/mol. The summed E-state index contributed by atoms with van der Waals surface area (Å²) in [6, 6.07) is 5.41. The molecular weight excluding hydrogens is 402 g/mol. The number of pyridine rings is 1. The van der Waals surface area contributed by atoms with Crippen molar-refractivity contribution in [2.24, 2.45) is 7.05 Å². The molecule has 10 heteroatoms. The Hall–Kier alpha value is -3.37. The number of thiophene rings is 1. The molecule has 5 heterocycles. The van der Waals surface area contributed by atoms with Crippen LogP contribution in [0.15, 0.2) is 47.0 Å². The number of H-pyrrole nitrogens is 1. The zero-order chi connectivity index (χ0) is 20.7. The molecule has 0 saturated carbocycles. The lowest BCUT2D eigenvalue weighted by Gasteiger charge is -2.33. The van der Waals surface area contributed by atoms with Crippen molar-refractivity contribution < 1.29 is 4.79 Å². The first-order valence-corrected chi connectivity index (χ1v) is 10.4. The van der Waals surface area contributed by atoms with Crippen LogP contribution in [-0.2, 0) is 7.05 Å². The third kappa shape index (κ3) is 3.29. The second-order valence-corrected chi connectivity index (χ2v) is 8.04. The van der Waals surface area contributed by atoms with Gasteiger partial charge in [-0.25, -0.2) is 4.98 Å². The third-order valence-electron chi connectivity index (χ3n) is 5.15. The van der Waals surface area contributed by atoms with Crippen LogP contribution >= 0.6 is 11.3 Å². The fraction of sp³-hybridized carbons (Fsp3) is 0.250. The molecule has 152 valence electrons. The molecule has 0 aromatic carbocycles. The number of fused-ring (bicyclic) bond motifs is 1. The number of piperazine rings is 1. The molecule has 4 aromatic heterocycles. The second kappa shape index (κ2) is 7.47. The predicted octanol–water partition coefficient (Wildman–Crippen LogP) is 1.57. The highest BCUT2D eigenvalue weighted by atomic mass is 32.1. The van der Waals surface area contributed by atoms with Crippen molar-refractivity contribution in [3.05, 3.63) is 63.7 Å². The Morgan fingerprint density at radius 1 is 1.33 bits per heavy atom. The van der Waals surface area contributed by atoms with Crippen LogP contribution in [0.1, 0.15) is 22.0 Å². The Morgan fingerprint density at radius 2 is 2.23 bits per heavy atom. The van der Waals surface area contributed by atoms with Gasteiger partial charge in [0.1, 0.15) is 15.9 Å². The second-order valence-electron chi connectivity index (χ2n) is 7.16. The molecule has 0 spiro atoms. The van der Waals surface area contributed by atoms with Gasteiger partial charge >= 0.3 is 0 Å². The summed E-state index contributed by atoms with van der Waals surface area (Å²) in [4.78, 5) is 39.3. The van der Waals surface area contributed by atoms with Crippen molar-refractivity contribution in [2.75, 3.05) is 19.6 Å². The number of aromatic nitrogens is 5. The first-order chi connectivity index (χ1) is 14.6. The van der Waals surface area contributed by atoms with E-state index in [9.17, 15) is 9.59 Å². The van der Waals surface area contributed by atoms with Crippen LogP contribution in [0, 0.1) is 0 Å². The Bertz CT molecular complexity index is 1280. The molecule has 0 radical (unpaired) electrons. The quantitative estimate of drug-likeness (QED) is 0.520. The summed E-state index contributed by atoms with van der Waals surface area (Å²) in [5.74, 6) is 0.232. The molecular formula is C20H19N7O2S. The van der Waals surface area contributed by atoms with E-state index in [2.05, 4.69) is 25.4 Å². The summed E-state index contributed by atoms with van der Waals surface area (Å²) >= 11 is 1.23. The van der Waals surface area contributed by atoms with Crippen molar-refractivity contribution in [2.45, 2.75) is 6.04 Å². The Balaban J connectivity index is 1.49. The summed E-state index contributed by atoms with van der Waals surface area (Å²) in [7, 11) is 1.87. The molecule has 5 rings (SSSR count). The van der Waals surface area contributed by atoms with E-state index in [1.165, 1.54) is 11.3 Å². The minimum absolute atomic E-state index is 0.0155. The summed E-state index contributed by atoms with van der Waals surface area (Å²) in [5.41, 5.74) is 2.20. The lowest BCUT2D eigenvalue weighted by molar-refractivity contribution is 0.0705. The average molecular weight is 421 g/mol.